The van der Waals surface area contributed by atoms with Crippen LogP contribution in [0.5, 0.6) is 0 Å². The van der Waals surface area contributed by atoms with Gasteiger partial charge in [0.1, 0.15) is 0 Å². The van der Waals surface area contributed by atoms with Crippen molar-refractivity contribution < 1.29 is 4.79 Å². The Morgan fingerprint density at radius 2 is 1.94 bits per heavy atom. The molecule has 0 unspecified atom stereocenters. The minimum atomic E-state index is -0.205. The first kappa shape index (κ1) is 12.5. The topological polar surface area (TPSA) is 44.4 Å². The Balaban J connectivity index is 1.90. The minimum Gasteiger partial charge on any atom is -0.372 e. The molecule has 0 atom stereocenters. The van der Waals surface area contributed by atoms with E-state index < -0.39 is 0 Å². The van der Waals surface area contributed by atoms with Crippen molar-refractivity contribution in [2.24, 2.45) is 0 Å². The predicted molar refractivity (Wildman–Crippen MR) is 75.1 cm³/mol. The van der Waals surface area contributed by atoms with Gasteiger partial charge >= 0.3 is 6.03 Å². The highest BCUT2D eigenvalue weighted by Gasteiger charge is 2.11. The summed E-state index contributed by atoms with van der Waals surface area (Å²) in [6, 6.07) is 7.76. The molecule has 1 saturated heterocycles. The van der Waals surface area contributed by atoms with Gasteiger partial charge in [-0.25, -0.2) is 4.79 Å². The number of nitrogens with zero attached hydrogens (tertiary/aromatic N) is 1. The maximum Gasteiger partial charge on any atom is 0.319 e. The van der Waals surface area contributed by atoms with Crippen LogP contribution in [0, 0.1) is 0 Å². The summed E-state index contributed by atoms with van der Waals surface area (Å²) >= 11 is 0. The Bertz CT molecular complexity index is 408. The van der Waals surface area contributed by atoms with Crippen LogP contribution in [0.3, 0.4) is 0 Å². The third-order valence-corrected chi connectivity index (χ3v) is 3.00. The van der Waals surface area contributed by atoms with Crippen molar-refractivity contribution >= 4 is 17.4 Å². The maximum atomic E-state index is 11.4. The van der Waals surface area contributed by atoms with Crippen molar-refractivity contribution in [2.75, 3.05) is 29.9 Å². The van der Waals surface area contributed by atoms with Crippen LogP contribution in [0.2, 0.25) is 0 Å². The van der Waals surface area contributed by atoms with Gasteiger partial charge in [0.15, 0.2) is 0 Å². The van der Waals surface area contributed by atoms with E-state index in [1.165, 1.54) is 18.5 Å². The lowest BCUT2D eigenvalue weighted by Gasteiger charge is -2.17. The molecule has 2 rings (SSSR count). The Morgan fingerprint density at radius 3 is 2.56 bits per heavy atom. The molecule has 4 nitrogen and oxygen atoms in total. The third-order valence-electron chi connectivity index (χ3n) is 3.00. The van der Waals surface area contributed by atoms with Gasteiger partial charge in [0.2, 0.25) is 0 Å². The van der Waals surface area contributed by atoms with Gasteiger partial charge in [0.05, 0.1) is 0 Å². The number of anilines is 2. The molecule has 0 aliphatic carbocycles. The quantitative estimate of drug-likeness (QED) is 0.801. The molecule has 96 valence electrons. The molecule has 0 radical (unpaired) electrons. The SMILES string of the molecule is C=CCNC(=O)Nc1ccc(N2CCCC2)cc1. The van der Waals surface area contributed by atoms with E-state index in [-0.39, 0.29) is 6.03 Å². The summed E-state index contributed by atoms with van der Waals surface area (Å²) in [4.78, 5) is 13.8. The van der Waals surface area contributed by atoms with Crippen molar-refractivity contribution in [3.05, 3.63) is 36.9 Å². The summed E-state index contributed by atoms with van der Waals surface area (Å²) in [5.41, 5.74) is 2.03. The fourth-order valence-corrected chi connectivity index (χ4v) is 2.07. The first-order valence-electron chi connectivity index (χ1n) is 6.30. The normalized spacial score (nSPS) is 14.3. The first-order valence-corrected chi connectivity index (χ1v) is 6.30. The molecular formula is C14H19N3O. The van der Waals surface area contributed by atoms with Gasteiger partial charge in [0.25, 0.3) is 0 Å². The highest BCUT2D eigenvalue weighted by Crippen LogP contribution is 2.21. The zero-order chi connectivity index (χ0) is 12.8. The predicted octanol–water partition coefficient (Wildman–Crippen LogP) is 2.59. The number of urea groups is 1. The summed E-state index contributed by atoms with van der Waals surface area (Å²) in [5, 5.41) is 5.45. The zero-order valence-electron chi connectivity index (χ0n) is 10.5. The molecule has 2 amide bonds. The van der Waals surface area contributed by atoms with Gasteiger partial charge in [-0.15, -0.1) is 6.58 Å². The number of carbonyl (C=O) groups excluding carboxylic acids is 1. The molecule has 1 aromatic carbocycles. The number of carbonyl (C=O) groups is 1. The van der Waals surface area contributed by atoms with Crippen LogP contribution in [0.15, 0.2) is 36.9 Å². The van der Waals surface area contributed by atoms with E-state index in [9.17, 15) is 4.79 Å². The molecule has 1 aromatic rings. The van der Waals surface area contributed by atoms with Crippen molar-refractivity contribution in [3.63, 3.8) is 0 Å². The molecular weight excluding hydrogens is 226 g/mol. The molecule has 0 aromatic heterocycles. The van der Waals surface area contributed by atoms with Gasteiger partial charge < -0.3 is 15.5 Å². The summed E-state index contributed by atoms with van der Waals surface area (Å²) in [7, 11) is 0. The summed E-state index contributed by atoms with van der Waals surface area (Å²) in [6.07, 6.45) is 4.18. The van der Waals surface area contributed by atoms with Crippen LogP contribution in [-0.4, -0.2) is 25.7 Å². The highest BCUT2D eigenvalue weighted by molar-refractivity contribution is 5.89. The van der Waals surface area contributed by atoms with E-state index in [0.29, 0.717) is 6.54 Å². The van der Waals surface area contributed by atoms with Crippen LogP contribution in [-0.2, 0) is 0 Å². The van der Waals surface area contributed by atoms with Gasteiger partial charge in [-0.3, -0.25) is 0 Å². The number of hydrogen-bond acceptors (Lipinski definition) is 2. The van der Waals surface area contributed by atoms with Gasteiger partial charge in [-0.05, 0) is 37.1 Å². The molecule has 1 aliphatic rings. The zero-order valence-corrected chi connectivity index (χ0v) is 10.5. The first-order chi connectivity index (χ1) is 8.79. The van der Waals surface area contributed by atoms with Gasteiger partial charge in [0, 0.05) is 31.0 Å². The van der Waals surface area contributed by atoms with E-state index in [1.807, 2.05) is 12.1 Å². The molecule has 1 fully saturated rings. The van der Waals surface area contributed by atoms with Crippen LogP contribution >= 0.6 is 0 Å². The highest BCUT2D eigenvalue weighted by atomic mass is 16.2. The Kier molecular flexibility index (Phi) is 4.23. The molecule has 0 bridgehead atoms. The third kappa shape index (κ3) is 3.26. The van der Waals surface area contributed by atoms with E-state index in [1.54, 1.807) is 6.08 Å². The minimum absolute atomic E-state index is 0.205. The molecule has 1 heterocycles. The number of nitrogens with one attached hydrogen (secondary N) is 2. The maximum absolute atomic E-state index is 11.4. The Labute approximate surface area is 108 Å². The lowest BCUT2D eigenvalue weighted by molar-refractivity contribution is 0.253. The Morgan fingerprint density at radius 1 is 1.28 bits per heavy atom. The number of rotatable bonds is 4. The lowest BCUT2D eigenvalue weighted by atomic mass is 10.2. The van der Waals surface area contributed by atoms with Crippen molar-refractivity contribution in [1.29, 1.82) is 0 Å². The second-order valence-corrected chi connectivity index (χ2v) is 4.36. The molecule has 2 N–H and O–H groups in total. The second kappa shape index (κ2) is 6.10. The average molecular weight is 245 g/mol. The molecule has 1 aliphatic heterocycles. The van der Waals surface area contributed by atoms with Crippen LogP contribution in [0.4, 0.5) is 16.2 Å². The number of benzene rings is 1. The van der Waals surface area contributed by atoms with Gasteiger partial charge in [-0.2, -0.15) is 0 Å². The number of hydrogen-bond donors (Lipinski definition) is 2. The van der Waals surface area contributed by atoms with Crippen molar-refractivity contribution in [2.45, 2.75) is 12.8 Å². The van der Waals surface area contributed by atoms with Crippen LogP contribution in [0.25, 0.3) is 0 Å². The van der Waals surface area contributed by atoms with Crippen molar-refractivity contribution in [3.8, 4) is 0 Å². The molecule has 0 spiro atoms. The monoisotopic (exact) mass is 245 g/mol. The summed E-state index contributed by atoms with van der Waals surface area (Å²) in [5.74, 6) is 0. The van der Waals surface area contributed by atoms with Crippen molar-refractivity contribution in [1.82, 2.24) is 5.32 Å². The van der Waals surface area contributed by atoms with Gasteiger partial charge in [-0.1, -0.05) is 6.08 Å². The summed E-state index contributed by atoms with van der Waals surface area (Å²) in [6.45, 7) is 6.28. The van der Waals surface area contributed by atoms with E-state index >= 15 is 0 Å². The molecule has 4 heteroatoms. The Hall–Kier alpha value is -1.97. The lowest BCUT2D eigenvalue weighted by Crippen LogP contribution is -2.28. The van der Waals surface area contributed by atoms with Crippen LogP contribution < -0.4 is 15.5 Å². The smallest absolute Gasteiger partial charge is 0.319 e. The fraction of sp³-hybridized carbons (Fsp3) is 0.357. The number of amides is 2. The largest absolute Gasteiger partial charge is 0.372 e. The van der Waals surface area contributed by atoms with Crippen LogP contribution in [0.1, 0.15) is 12.8 Å². The van der Waals surface area contributed by atoms with E-state index in [2.05, 4.69) is 34.2 Å². The fourth-order valence-electron chi connectivity index (χ4n) is 2.07. The molecule has 0 saturated carbocycles. The van der Waals surface area contributed by atoms with E-state index in [0.717, 1.165) is 18.8 Å². The molecule has 18 heavy (non-hydrogen) atoms. The second-order valence-electron chi connectivity index (χ2n) is 4.36. The summed E-state index contributed by atoms with van der Waals surface area (Å²) < 4.78 is 0. The van der Waals surface area contributed by atoms with E-state index in [4.69, 9.17) is 0 Å². The average Bonchev–Trinajstić information content (AvgIpc) is 2.91. The standard InChI is InChI=1S/C14H19N3O/c1-2-9-15-14(18)16-12-5-7-13(8-6-12)17-10-3-4-11-17/h2,5-8H,1,3-4,9-11H2,(H2,15,16,18).